The molecule has 37 heavy (non-hydrogen) atoms. The van der Waals surface area contributed by atoms with E-state index in [-0.39, 0.29) is 18.0 Å². The van der Waals surface area contributed by atoms with Crippen molar-refractivity contribution in [1.82, 2.24) is 24.7 Å². The van der Waals surface area contributed by atoms with Crippen LogP contribution in [0.3, 0.4) is 0 Å². The number of carbonyl (C=O) groups excluding carboxylic acids is 2. The van der Waals surface area contributed by atoms with Gasteiger partial charge in [-0.25, -0.2) is 4.52 Å². The summed E-state index contributed by atoms with van der Waals surface area (Å²) in [5.41, 5.74) is 0.639. The zero-order valence-corrected chi connectivity index (χ0v) is 20.6. The van der Waals surface area contributed by atoms with Gasteiger partial charge in [-0.3, -0.25) is 14.5 Å². The second-order valence-corrected chi connectivity index (χ2v) is 9.93. The molecule has 3 aromatic heterocycles. The lowest BCUT2D eigenvalue weighted by molar-refractivity contribution is -0.138. The standard InChI is InChI=1S/C26H24F3N5O2S/c27-26(28,29)21-6-2-1-5-18(21)15-30-24(35)23-9-8-19(37-23)17-32-11-13-33(14-12-32)25(36)20-16-31-34-10-4-3-7-22(20)34/h1-10,16H,11-15,17H2,(H,30,35). The molecule has 4 aromatic rings. The first-order chi connectivity index (χ1) is 17.8. The maximum atomic E-state index is 13.2. The van der Waals surface area contributed by atoms with Gasteiger partial charge in [-0.2, -0.15) is 18.3 Å². The molecule has 7 nitrogen and oxygen atoms in total. The van der Waals surface area contributed by atoms with Gasteiger partial charge < -0.3 is 10.2 Å². The van der Waals surface area contributed by atoms with Crippen LogP contribution in [0.1, 0.15) is 36.0 Å². The van der Waals surface area contributed by atoms with E-state index in [0.29, 0.717) is 43.2 Å². The van der Waals surface area contributed by atoms with Crippen molar-refractivity contribution in [3.8, 4) is 0 Å². The molecule has 11 heteroatoms. The minimum Gasteiger partial charge on any atom is -0.347 e. The van der Waals surface area contributed by atoms with Gasteiger partial charge in [-0.05, 0) is 35.9 Å². The highest BCUT2D eigenvalue weighted by molar-refractivity contribution is 7.14. The third kappa shape index (κ3) is 5.52. The lowest BCUT2D eigenvalue weighted by Gasteiger charge is -2.34. The molecular weight excluding hydrogens is 503 g/mol. The van der Waals surface area contributed by atoms with Crippen molar-refractivity contribution in [2.24, 2.45) is 0 Å². The van der Waals surface area contributed by atoms with Crippen LogP contribution < -0.4 is 5.32 Å². The van der Waals surface area contributed by atoms with Gasteiger partial charge >= 0.3 is 6.18 Å². The Morgan fingerprint density at radius 1 is 0.973 bits per heavy atom. The molecule has 0 radical (unpaired) electrons. The molecule has 1 aliphatic rings. The van der Waals surface area contributed by atoms with Crippen molar-refractivity contribution in [3.05, 3.63) is 93.4 Å². The van der Waals surface area contributed by atoms with Crippen LogP contribution in [0.2, 0.25) is 0 Å². The molecule has 0 bridgehead atoms. The number of pyridine rings is 1. The van der Waals surface area contributed by atoms with Crippen molar-refractivity contribution in [3.63, 3.8) is 0 Å². The number of amides is 2. The van der Waals surface area contributed by atoms with E-state index in [1.54, 1.807) is 23.0 Å². The van der Waals surface area contributed by atoms with Crippen molar-refractivity contribution < 1.29 is 22.8 Å². The zero-order chi connectivity index (χ0) is 26.0. The number of hydrogen-bond acceptors (Lipinski definition) is 5. The smallest absolute Gasteiger partial charge is 0.347 e. The minimum atomic E-state index is -4.47. The van der Waals surface area contributed by atoms with E-state index in [1.807, 2.05) is 29.2 Å². The van der Waals surface area contributed by atoms with Gasteiger partial charge in [-0.15, -0.1) is 11.3 Å². The lowest BCUT2D eigenvalue weighted by Crippen LogP contribution is -2.48. The number of nitrogens with zero attached hydrogens (tertiary/aromatic N) is 4. The van der Waals surface area contributed by atoms with Crippen LogP contribution >= 0.6 is 11.3 Å². The first-order valence-electron chi connectivity index (χ1n) is 11.8. The molecule has 192 valence electrons. The molecule has 1 aliphatic heterocycles. The fraction of sp³-hybridized carbons (Fsp3) is 0.269. The van der Waals surface area contributed by atoms with Gasteiger partial charge in [0.15, 0.2) is 0 Å². The number of nitrogens with one attached hydrogen (secondary N) is 1. The summed E-state index contributed by atoms with van der Waals surface area (Å²) < 4.78 is 41.2. The topological polar surface area (TPSA) is 70.0 Å². The number of rotatable bonds is 6. The molecular formula is C26H24F3N5O2S. The highest BCUT2D eigenvalue weighted by Gasteiger charge is 2.33. The van der Waals surface area contributed by atoms with Gasteiger partial charge in [0.1, 0.15) is 0 Å². The van der Waals surface area contributed by atoms with E-state index in [2.05, 4.69) is 15.3 Å². The number of piperazine rings is 1. The van der Waals surface area contributed by atoms with Gasteiger partial charge in [-0.1, -0.05) is 24.3 Å². The number of aromatic nitrogens is 2. The molecule has 0 aliphatic carbocycles. The minimum absolute atomic E-state index is 0.0247. The predicted octanol–water partition coefficient (Wildman–Crippen LogP) is 4.30. The summed E-state index contributed by atoms with van der Waals surface area (Å²) >= 11 is 1.32. The third-order valence-electron chi connectivity index (χ3n) is 6.34. The summed E-state index contributed by atoms with van der Waals surface area (Å²) in [5.74, 6) is -0.444. The number of fused-ring (bicyclic) bond motifs is 1. The second kappa shape index (κ2) is 10.3. The fourth-order valence-corrected chi connectivity index (χ4v) is 5.36. The second-order valence-electron chi connectivity index (χ2n) is 8.76. The quantitative estimate of drug-likeness (QED) is 0.406. The van der Waals surface area contributed by atoms with Gasteiger partial charge in [0, 0.05) is 50.3 Å². The zero-order valence-electron chi connectivity index (χ0n) is 19.7. The van der Waals surface area contributed by atoms with E-state index in [9.17, 15) is 22.8 Å². The molecule has 0 atom stereocenters. The van der Waals surface area contributed by atoms with Crippen molar-refractivity contribution >= 4 is 28.7 Å². The first kappa shape index (κ1) is 25.0. The average Bonchev–Trinajstić information content (AvgIpc) is 3.54. The van der Waals surface area contributed by atoms with Crippen LogP contribution in [0.4, 0.5) is 13.2 Å². The molecule has 0 unspecified atom stereocenters. The Morgan fingerprint density at radius 3 is 2.51 bits per heavy atom. The Balaban J connectivity index is 1.14. The van der Waals surface area contributed by atoms with E-state index in [0.717, 1.165) is 16.5 Å². The number of benzene rings is 1. The van der Waals surface area contributed by atoms with E-state index < -0.39 is 17.6 Å². The van der Waals surface area contributed by atoms with Gasteiger partial charge in [0.25, 0.3) is 11.8 Å². The summed E-state index contributed by atoms with van der Waals surface area (Å²) in [5, 5.41) is 6.84. The van der Waals surface area contributed by atoms with Crippen LogP contribution in [0.15, 0.2) is 67.0 Å². The van der Waals surface area contributed by atoms with Crippen LogP contribution in [0.5, 0.6) is 0 Å². The third-order valence-corrected chi connectivity index (χ3v) is 7.41. The number of thiophene rings is 1. The summed E-state index contributed by atoms with van der Waals surface area (Å²) in [6.07, 6.45) is -1.07. The molecule has 1 saturated heterocycles. The predicted molar refractivity (Wildman–Crippen MR) is 133 cm³/mol. The Labute approximate surface area is 215 Å². The van der Waals surface area contributed by atoms with Crippen LogP contribution in [0.25, 0.3) is 5.52 Å². The molecule has 2 amide bonds. The summed E-state index contributed by atoms with van der Waals surface area (Å²) in [4.78, 5) is 31.0. The Hall–Kier alpha value is -3.70. The van der Waals surface area contributed by atoms with Crippen molar-refractivity contribution in [2.45, 2.75) is 19.3 Å². The first-order valence-corrected chi connectivity index (χ1v) is 12.6. The van der Waals surface area contributed by atoms with Crippen molar-refractivity contribution in [1.29, 1.82) is 0 Å². The number of halogens is 3. The Kier molecular flexibility index (Phi) is 6.98. The molecule has 1 N–H and O–H groups in total. The van der Waals surface area contributed by atoms with Crippen molar-refractivity contribution in [2.75, 3.05) is 26.2 Å². The molecule has 0 saturated carbocycles. The monoisotopic (exact) mass is 527 g/mol. The van der Waals surface area contributed by atoms with E-state index in [1.165, 1.54) is 29.5 Å². The van der Waals surface area contributed by atoms with E-state index >= 15 is 0 Å². The molecule has 0 spiro atoms. The number of alkyl halides is 3. The molecule has 1 aromatic carbocycles. The average molecular weight is 528 g/mol. The number of carbonyl (C=O) groups is 2. The summed E-state index contributed by atoms with van der Waals surface area (Å²) in [6, 6.07) is 14.4. The maximum Gasteiger partial charge on any atom is 0.416 e. The van der Waals surface area contributed by atoms with Crippen LogP contribution in [-0.4, -0.2) is 57.4 Å². The van der Waals surface area contributed by atoms with Crippen LogP contribution in [0, 0.1) is 0 Å². The molecule has 4 heterocycles. The van der Waals surface area contributed by atoms with Crippen LogP contribution in [-0.2, 0) is 19.3 Å². The summed E-state index contributed by atoms with van der Waals surface area (Å²) in [6.45, 7) is 2.98. The van der Waals surface area contributed by atoms with E-state index in [4.69, 9.17) is 0 Å². The molecule has 5 rings (SSSR count). The highest BCUT2D eigenvalue weighted by Crippen LogP contribution is 2.32. The molecule has 1 fully saturated rings. The maximum absolute atomic E-state index is 13.2. The largest absolute Gasteiger partial charge is 0.416 e. The SMILES string of the molecule is O=C(NCc1ccccc1C(F)(F)F)c1ccc(CN2CCN(C(=O)c3cnn4ccccc34)CC2)s1. The van der Waals surface area contributed by atoms with Gasteiger partial charge in [0.2, 0.25) is 0 Å². The highest BCUT2D eigenvalue weighted by atomic mass is 32.1. The fourth-order valence-electron chi connectivity index (χ4n) is 4.40. The lowest BCUT2D eigenvalue weighted by atomic mass is 10.1. The summed E-state index contributed by atoms with van der Waals surface area (Å²) in [7, 11) is 0. The normalized spacial score (nSPS) is 14.7. The number of hydrogen-bond donors (Lipinski definition) is 1. The van der Waals surface area contributed by atoms with Gasteiger partial charge in [0.05, 0.1) is 27.7 Å². The Bertz CT molecular complexity index is 1420. The Morgan fingerprint density at radius 2 is 1.73 bits per heavy atom.